The van der Waals surface area contributed by atoms with Gasteiger partial charge in [0.25, 0.3) is 0 Å². The van der Waals surface area contributed by atoms with Crippen molar-refractivity contribution < 1.29 is 0 Å². The fraction of sp³-hybridized carbons (Fsp3) is 0.550. The highest BCUT2D eigenvalue weighted by molar-refractivity contribution is 7.11. The van der Waals surface area contributed by atoms with Crippen molar-refractivity contribution in [3.05, 3.63) is 51.0 Å². The van der Waals surface area contributed by atoms with E-state index in [1.54, 1.807) is 0 Å². The molecule has 1 saturated heterocycles. The van der Waals surface area contributed by atoms with Crippen molar-refractivity contribution >= 4 is 11.3 Å². The molecule has 4 heteroatoms. The molecule has 0 N–H and O–H groups in total. The fourth-order valence-corrected chi connectivity index (χ4v) is 4.27. The number of benzene rings is 1. The smallest absolute Gasteiger partial charge is 0.0900 e. The Morgan fingerprint density at radius 3 is 2.04 bits per heavy atom. The van der Waals surface area contributed by atoms with Gasteiger partial charge in [0, 0.05) is 44.1 Å². The van der Waals surface area contributed by atoms with Crippen LogP contribution in [0.3, 0.4) is 0 Å². The van der Waals surface area contributed by atoms with Gasteiger partial charge in [0.2, 0.25) is 0 Å². The molecule has 3 rings (SSSR count). The van der Waals surface area contributed by atoms with E-state index in [0.29, 0.717) is 5.92 Å². The second kappa shape index (κ2) is 7.77. The topological polar surface area (TPSA) is 19.4 Å². The van der Waals surface area contributed by atoms with Crippen LogP contribution in [0.4, 0.5) is 0 Å². The summed E-state index contributed by atoms with van der Waals surface area (Å²) in [7, 11) is 0. The summed E-state index contributed by atoms with van der Waals surface area (Å²) in [5.41, 5.74) is 4.07. The van der Waals surface area contributed by atoms with E-state index >= 15 is 0 Å². The van der Waals surface area contributed by atoms with Gasteiger partial charge in [-0.05, 0) is 30.9 Å². The van der Waals surface area contributed by atoms with Crippen LogP contribution >= 0.6 is 11.3 Å². The fourth-order valence-electron chi connectivity index (χ4n) is 3.29. The quantitative estimate of drug-likeness (QED) is 0.811. The van der Waals surface area contributed by atoms with E-state index in [4.69, 9.17) is 0 Å². The summed E-state index contributed by atoms with van der Waals surface area (Å²) in [6, 6.07) is 9.16. The first-order valence-corrected chi connectivity index (χ1v) is 9.79. The van der Waals surface area contributed by atoms with Crippen LogP contribution in [-0.2, 0) is 13.1 Å². The molecule has 0 amide bonds. The third-order valence-electron chi connectivity index (χ3n) is 4.88. The van der Waals surface area contributed by atoms with E-state index in [9.17, 15) is 0 Å². The summed E-state index contributed by atoms with van der Waals surface area (Å²) >= 11 is 1.85. The van der Waals surface area contributed by atoms with Crippen LogP contribution < -0.4 is 0 Å². The summed E-state index contributed by atoms with van der Waals surface area (Å²) in [5, 5.41) is 1.19. The molecule has 0 aliphatic carbocycles. The normalized spacial score (nSPS) is 16.9. The summed E-state index contributed by atoms with van der Waals surface area (Å²) < 4.78 is 0. The first-order valence-electron chi connectivity index (χ1n) is 8.97. The Morgan fingerprint density at radius 1 is 0.958 bits per heavy atom. The molecule has 0 saturated carbocycles. The molecule has 3 nitrogen and oxygen atoms in total. The van der Waals surface area contributed by atoms with Crippen molar-refractivity contribution in [1.29, 1.82) is 0 Å². The highest BCUT2D eigenvalue weighted by atomic mass is 32.1. The Labute approximate surface area is 150 Å². The number of thiazole rings is 1. The van der Waals surface area contributed by atoms with Crippen molar-refractivity contribution in [2.45, 2.75) is 46.7 Å². The molecule has 24 heavy (non-hydrogen) atoms. The van der Waals surface area contributed by atoms with Gasteiger partial charge >= 0.3 is 0 Å². The van der Waals surface area contributed by atoms with Crippen molar-refractivity contribution in [2.24, 2.45) is 0 Å². The van der Waals surface area contributed by atoms with Crippen LogP contribution in [0.15, 0.2) is 24.3 Å². The first kappa shape index (κ1) is 17.6. The molecule has 0 radical (unpaired) electrons. The second-order valence-corrected chi connectivity index (χ2v) is 8.48. The van der Waals surface area contributed by atoms with Gasteiger partial charge in [-0.1, -0.05) is 38.1 Å². The van der Waals surface area contributed by atoms with Crippen LogP contribution in [-0.4, -0.2) is 41.0 Å². The number of piperazine rings is 1. The van der Waals surface area contributed by atoms with E-state index < -0.39 is 0 Å². The molecule has 1 aliphatic heterocycles. The van der Waals surface area contributed by atoms with Crippen molar-refractivity contribution in [3.63, 3.8) is 0 Å². The van der Waals surface area contributed by atoms with Crippen LogP contribution in [0.5, 0.6) is 0 Å². The van der Waals surface area contributed by atoms with Gasteiger partial charge in [0.1, 0.15) is 0 Å². The summed E-state index contributed by atoms with van der Waals surface area (Å²) in [5.74, 6) is 0.612. The average molecular weight is 344 g/mol. The summed E-state index contributed by atoms with van der Waals surface area (Å²) in [6.07, 6.45) is 0. The minimum absolute atomic E-state index is 0.612. The second-order valence-electron chi connectivity index (χ2n) is 7.19. The molecule has 0 atom stereocenters. The number of hydrogen-bond donors (Lipinski definition) is 0. The summed E-state index contributed by atoms with van der Waals surface area (Å²) in [4.78, 5) is 11.1. The molecule has 0 bridgehead atoms. The third-order valence-corrected chi connectivity index (χ3v) is 5.94. The molecule has 1 aliphatic rings. The molecule has 1 aromatic heterocycles. The summed E-state index contributed by atoms with van der Waals surface area (Å²) in [6.45, 7) is 15.5. The van der Waals surface area contributed by atoms with Gasteiger partial charge < -0.3 is 0 Å². The lowest BCUT2D eigenvalue weighted by atomic mass is 10.0. The Bertz CT molecular complexity index is 652. The molecular formula is C20H29N3S. The zero-order valence-electron chi connectivity index (χ0n) is 15.4. The molecule has 2 heterocycles. The predicted molar refractivity (Wildman–Crippen MR) is 103 cm³/mol. The number of aromatic nitrogens is 1. The van der Waals surface area contributed by atoms with E-state index in [2.05, 4.69) is 66.7 Å². The van der Waals surface area contributed by atoms with E-state index in [0.717, 1.165) is 39.3 Å². The minimum atomic E-state index is 0.612. The Morgan fingerprint density at radius 2 is 1.54 bits per heavy atom. The molecule has 2 aromatic rings. The molecule has 0 unspecified atom stereocenters. The van der Waals surface area contributed by atoms with Gasteiger partial charge in [0.05, 0.1) is 10.7 Å². The van der Waals surface area contributed by atoms with E-state index in [-0.39, 0.29) is 0 Å². The highest BCUT2D eigenvalue weighted by Gasteiger charge is 2.18. The van der Waals surface area contributed by atoms with Crippen LogP contribution in [0.1, 0.15) is 46.5 Å². The maximum absolute atomic E-state index is 4.55. The number of aryl methyl sites for hydroxylation is 2. The maximum atomic E-state index is 4.55. The van der Waals surface area contributed by atoms with Crippen LogP contribution in [0.25, 0.3) is 0 Å². The van der Waals surface area contributed by atoms with Gasteiger partial charge in [-0.25, -0.2) is 4.98 Å². The molecule has 1 aromatic carbocycles. The monoisotopic (exact) mass is 343 g/mol. The third kappa shape index (κ3) is 4.44. The van der Waals surface area contributed by atoms with E-state index in [1.165, 1.54) is 26.7 Å². The SMILES string of the molecule is Cc1nc(C)c(CN2CCN(Cc3ccc(C(C)C)cc3)CC2)s1. The Kier molecular flexibility index (Phi) is 5.69. The maximum Gasteiger partial charge on any atom is 0.0900 e. The Hall–Kier alpha value is -1.23. The van der Waals surface area contributed by atoms with Gasteiger partial charge in [-0.15, -0.1) is 11.3 Å². The molecular weight excluding hydrogens is 314 g/mol. The van der Waals surface area contributed by atoms with Crippen LogP contribution in [0, 0.1) is 13.8 Å². The minimum Gasteiger partial charge on any atom is -0.297 e. The number of rotatable bonds is 5. The first-order chi connectivity index (χ1) is 11.5. The van der Waals surface area contributed by atoms with Crippen molar-refractivity contribution in [2.75, 3.05) is 26.2 Å². The van der Waals surface area contributed by atoms with E-state index in [1.807, 2.05) is 11.3 Å². The van der Waals surface area contributed by atoms with Gasteiger partial charge in [-0.2, -0.15) is 0 Å². The lowest BCUT2D eigenvalue weighted by molar-refractivity contribution is 0.122. The zero-order valence-corrected chi connectivity index (χ0v) is 16.2. The van der Waals surface area contributed by atoms with Crippen molar-refractivity contribution in [1.82, 2.24) is 14.8 Å². The molecule has 1 fully saturated rings. The standard InChI is InChI=1S/C20H29N3S/c1-15(2)19-7-5-18(6-8-19)13-22-9-11-23(12-10-22)14-20-16(3)21-17(4)24-20/h5-8,15H,9-14H2,1-4H3. The molecule has 0 spiro atoms. The lowest BCUT2D eigenvalue weighted by Crippen LogP contribution is -2.45. The van der Waals surface area contributed by atoms with Crippen LogP contribution in [0.2, 0.25) is 0 Å². The lowest BCUT2D eigenvalue weighted by Gasteiger charge is -2.34. The Balaban J connectivity index is 1.49. The number of nitrogens with zero attached hydrogens (tertiary/aromatic N) is 3. The van der Waals surface area contributed by atoms with Gasteiger partial charge in [-0.3, -0.25) is 9.80 Å². The predicted octanol–water partition coefficient (Wildman–Crippen LogP) is 4.20. The average Bonchev–Trinajstić information content (AvgIpc) is 2.87. The largest absolute Gasteiger partial charge is 0.297 e. The van der Waals surface area contributed by atoms with Crippen molar-refractivity contribution in [3.8, 4) is 0 Å². The zero-order chi connectivity index (χ0) is 17.1. The van der Waals surface area contributed by atoms with Gasteiger partial charge in [0.15, 0.2) is 0 Å². The number of hydrogen-bond acceptors (Lipinski definition) is 4. The molecule has 130 valence electrons. The highest BCUT2D eigenvalue weighted by Crippen LogP contribution is 2.20.